The molecular formula is C18H11Cl2N3S. The second-order valence-corrected chi connectivity index (χ2v) is 6.98. The average molecular weight is 372 g/mol. The number of fused-ring (bicyclic) bond motifs is 1. The summed E-state index contributed by atoms with van der Waals surface area (Å²) in [4.78, 5) is 10.7. The molecule has 0 unspecified atom stereocenters. The second kappa shape index (κ2) is 6.40. The molecule has 0 fully saturated rings. The van der Waals surface area contributed by atoms with Gasteiger partial charge in [-0.2, -0.15) is 4.98 Å². The fourth-order valence-corrected chi connectivity index (χ4v) is 3.88. The predicted molar refractivity (Wildman–Crippen MR) is 103 cm³/mol. The number of anilines is 2. The fraction of sp³-hybridized carbons (Fsp3) is 0. The van der Waals surface area contributed by atoms with Crippen molar-refractivity contribution < 1.29 is 0 Å². The molecule has 0 bridgehead atoms. The highest BCUT2D eigenvalue weighted by Gasteiger charge is 2.12. The summed E-state index contributed by atoms with van der Waals surface area (Å²) in [6.07, 6.45) is 0. The number of nitrogens with one attached hydrogen (secondary N) is 1. The molecule has 0 aliphatic rings. The van der Waals surface area contributed by atoms with Gasteiger partial charge in [0.2, 0.25) is 5.28 Å². The van der Waals surface area contributed by atoms with Crippen molar-refractivity contribution in [2.75, 3.05) is 5.32 Å². The van der Waals surface area contributed by atoms with Crippen molar-refractivity contribution in [2.24, 2.45) is 0 Å². The Kier molecular flexibility index (Phi) is 4.10. The Bertz CT molecular complexity index is 1020. The Morgan fingerprint density at radius 2 is 1.71 bits per heavy atom. The molecule has 2 heterocycles. The molecule has 118 valence electrons. The van der Waals surface area contributed by atoms with E-state index in [0.29, 0.717) is 10.8 Å². The van der Waals surface area contributed by atoms with Gasteiger partial charge in [0.1, 0.15) is 10.6 Å². The number of thiophene rings is 1. The lowest BCUT2D eigenvalue weighted by molar-refractivity contribution is 1.23. The number of benzene rings is 2. The maximum atomic E-state index is 6.09. The maximum Gasteiger partial charge on any atom is 0.225 e. The number of nitrogens with zero attached hydrogens (tertiary/aromatic N) is 2. The summed E-state index contributed by atoms with van der Waals surface area (Å²) < 4.78 is 0. The summed E-state index contributed by atoms with van der Waals surface area (Å²) in [7, 11) is 0. The molecule has 6 heteroatoms. The molecule has 0 aliphatic carbocycles. The predicted octanol–water partition coefficient (Wildman–Crippen LogP) is 6.41. The molecule has 2 aromatic heterocycles. The van der Waals surface area contributed by atoms with Crippen LogP contribution in [0.5, 0.6) is 0 Å². The minimum Gasteiger partial charge on any atom is -0.339 e. The molecular weight excluding hydrogens is 361 g/mol. The Hall–Kier alpha value is -2.14. The molecule has 0 atom stereocenters. The molecule has 0 spiro atoms. The van der Waals surface area contributed by atoms with Gasteiger partial charge in [0.25, 0.3) is 0 Å². The van der Waals surface area contributed by atoms with E-state index in [1.54, 1.807) is 11.3 Å². The van der Waals surface area contributed by atoms with Gasteiger partial charge in [0, 0.05) is 15.6 Å². The van der Waals surface area contributed by atoms with Crippen LogP contribution in [0.1, 0.15) is 0 Å². The highest BCUT2D eigenvalue weighted by Crippen LogP contribution is 2.36. The Morgan fingerprint density at radius 1 is 0.875 bits per heavy atom. The van der Waals surface area contributed by atoms with Crippen LogP contribution in [0.2, 0.25) is 10.3 Å². The van der Waals surface area contributed by atoms with Gasteiger partial charge < -0.3 is 5.32 Å². The van der Waals surface area contributed by atoms with Crippen molar-refractivity contribution in [1.82, 2.24) is 9.97 Å². The molecule has 2 aromatic carbocycles. The van der Waals surface area contributed by atoms with Crippen molar-refractivity contribution >= 4 is 56.3 Å². The Morgan fingerprint density at radius 3 is 2.50 bits per heavy atom. The van der Waals surface area contributed by atoms with E-state index in [-0.39, 0.29) is 5.28 Å². The van der Waals surface area contributed by atoms with Crippen LogP contribution in [0.15, 0.2) is 60.7 Å². The highest BCUT2D eigenvalue weighted by molar-refractivity contribution is 7.22. The van der Waals surface area contributed by atoms with Crippen LogP contribution in [0.4, 0.5) is 11.5 Å². The normalized spacial score (nSPS) is 10.9. The van der Waals surface area contributed by atoms with Crippen molar-refractivity contribution in [3.8, 4) is 10.4 Å². The monoisotopic (exact) mass is 371 g/mol. The minimum absolute atomic E-state index is 0.216. The summed E-state index contributed by atoms with van der Waals surface area (Å²) in [5.41, 5.74) is 2.00. The standard InChI is InChI=1S/C18H11Cl2N3S/c19-12-7-4-8-13(9-12)21-16-14-10-15(11-5-2-1-3-6-11)24-17(14)23-18(20)22-16/h1-10H,(H,21,22,23). The van der Waals surface area contributed by atoms with Crippen LogP contribution in [-0.2, 0) is 0 Å². The molecule has 0 saturated heterocycles. The fourth-order valence-electron chi connectivity index (χ4n) is 2.44. The summed E-state index contributed by atoms with van der Waals surface area (Å²) >= 11 is 13.7. The van der Waals surface area contributed by atoms with E-state index in [1.807, 2.05) is 42.5 Å². The third-order valence-corrected chi connectivity index (χ3v) is 4.99. The number of rotatable bonds is 3. The Balaban J connectivity index is 1.81. The SMILES string of the molecule is Clc1cccc(Nc2nc(Cl)nc3sc(-c4ccccc4)cc23)c1. The first-order chi connectivity index (χ1) is 11.7. The maximum absolute atomic E-state index is 6.09. The van der Waals surface area contributed by atoms with Crippen LogP contribution in [0.25, 0.3) is 20.7 Å². The molecule has 0 aliphatic heterocycles. The highest BCUT2D eigenvalue weighted by atomic mass is 35.5. The zero-order valence-electron chi connectivity index (χ0n) is 12.3. The number of aromatic nitrogens is 2. The van der Waals surface area contributed by atoms with Gasteiger partial charge in [0.05, 0.1) is 5.39 Å². The first-order valence-corrected chi connectivity index (χ1v) is 8.81. The van der Waals surface area contributed by atoms with E-state index >= 15 is 0 Å². The number of halogens is 2. The molecule has 0 saturated carbocycles. The summed E-state index contributed by atoms with van der Waals surface area (Å²) in [6.45, 7) is 0. The minimum atomic E-state index is 0.216. The lowest BCUT2D eigenvalue weighted by atomic mass is 10.2. The van der Waals surface area contributed by atoms with Gasteiger partial charge in [-0.3, -0.25) is 0 Å². The van der Waals surface area contributed by atoms with Crippen LogP contribution in [-0.4, -0.2) is 9.97 Å². The van der Waals surface area contributed by atoms with Gasteiger partial charge in [0.15, 0.2) is 0 Å². The molecule has 4 rings (SSSR count). The van der Waals surface area contributed by atoms with Gasteiger partial charge in [-0.05, 0) is 41.4 Å². The van der Waals surface area contributed by atoms with E-state index in [4.69, 9.17) is 23.2 Å². The molecule has 4 aromatic rings. The van der Waals surface area contributed by atoms with E-state index in [2.05, 4.69) is 33.5 Å². The topological polar surface area (TPSA) is 37.8 Å². The van der Waals surface area contributed by atoms with Crippen molar-refractivity contribution in [3.63, 3.8) is 0 Å². The summed E-state index contributed by atoms with van der Waals surface area (Å²) in [6, 6.07) is 19.7. The quantitative estimate of drug-likeness (QED) is 0.422. The first-order valence-electron chi connectivity index (χ1n) is 7.24. The lowest BCUT2D eigenvalue weighted by Gasteiger charge is -2.07. The van der Waals surface area contributed by atoms with Crippen molar-refractivity contribution in [2.45, 2.75) is 0 Å². The van der Waals surface area contributed by atoms with E-state index < -0.39 is 0 Å². The van der Waals surface area contributed by atoms with Gasteiger partial charge in [-0.1, -0.05) is 48.0 Å². The van der Waals surface area contributed by atoms with Crippen molar-refractivity contribution in [1.29, 1.82) is 0 Å². The second-order valence-electron chi connectivity index (χ2n) is 5.17. The zero-order valence-corrected chi connectivity index (χ0v) is 14.7. The third kappa shape index (κ3) is 3.08. The number of hydrogen-bond acceptors (Lipinski definition) is 4. The van der Waals surface area contributed by atoms with Crippen LogP contribution >= 0.6 is 34.5 Å². The number of hydrogen-bond donors (Lipinski definition) is 1. The molecule has 1 N–H and O–H groups in total. The van der Waals surface area contributed by atoms with Gasteiger partial charge >= 0.3 is 0 Å². The largest absolute Gasteiger partial charge is 0.339 e. The van der Waals surface area contributed by atoms with Crippen LogP contribution < -0.4 is 5.32 Å². The first kappa shape index (κ1) is 15.4. The van der Waals surface area contributed by atoms with Crippen LogP contribution in [0.3, 0.4) is 0 Å². The molecule has 0 radical (unpaired) electrons. The molecule has 0 amide bonds. The summed E-state index contributed by atoms with van der Waals surface area (Å²) in [5.74, 6) is 0.672. The lowest BCUT2D eigenvalue weighted by Crippen LogP contribution is -1.95. The van der Waals surface area contributed by atoms with Crippen molar-refractivity contribution in [3.05, 3.63) is 71.0 Å². The molecule has 24 heavy (non-hydrogen) atoms. The van der Waals surface area contributed by atoms with E-state index in [1.165, 1.54) is 0 Å². The average Bonchev–Trinajstić information content (AvgIpc) is 3.00. The molecule has 3 nitrogen and oxygen atoms in total. The van der Waals surface area contributed by atoms with E-state index in [0.717, 1.165) is 26.3 Å². The van der Waals surface area contributed by atoms with Gasteiger partial charge in [-0.25, -0.2) is 4.98 Å². The smallest absolute Gasteiger partial charge is 0.225 e. The van der Waals surface area contributed by atoms with E-state index in [9.17, 15) is 0 Å². The third-order valence-electron chi connectivity index (χ3n) is 3.51. The van der Waals surface area contributed by atoms with Crippen LogP contribution in [0, 0.1) is 0 Å². The van der Waals surface area contributed by atoms with Gasteiger partial charge in [-0.15, -0.1) is 11.3 Å². The zero-order chi connectivity index (χ0) is 16.5. The summed E-state index contributed by atoms with van der Waals surface area (Å²) in [5, 5.41) is 5.09. The Labute approximate surface area is 152 Å².